The van der Waals surface area contributed by atoms with Crippen molar-refractivity contribution in [3.05, 3.63) is 122 Å². The fraction of sp³-hybridized carbons (Fsp3) is 0.596. The van der Waals surface area contributed by atoms with Gasteiger partial charge in [-0.25, -0.2) is 0 Å². The molecule has 0 aliphatic carbocycles. The first kappa shape index (κ1) is 55.6. The second kappa shape index (κ2) is 40.6. The van der Waals surface area contributed by atoms with Crippen LogP contribution in [0.1, 0.15) is 142 Å². The van der Waals surface area contributed by atoms with E-state index < -0.39 is 49.5 Å². The minimum atomic E-state index is -1.57. The van der Waals surface area contributed by atoms with Gasteiger partial charge in [0.1, 0.15) is 24.4 Å². The minimum absolute atomic E-state index is 0.167. The Morgan fingerprint density at radius 3 is 1.46 bits per heavy atom. The minimum Gasteiger partial charge on any atom is -0.394 e. The zero-order valence-electron chi connectivity index (χ0n) is 37.6. The summed E-state index contributed by atoms with van der Waals surface area (Å²) in [7, 11) is 0. The molecule has 6 N–H and O–H groups in total. The number of carbonyl (C=O) groups is 1. The maximum Gasteiger partial charge on any atom is 0.220 e. The fourth-order valence-corrected chi connectivity index (χ4v) is 6.36. The second-order valence-corrected chi connectivity index (χ2v) is 15.5. The standard InChI is InChI=1S/C52H83NO8/c1-3-5-7-9-10-11-12-13-14-15-16-17-18-19-20-21-22-23-24-25-26-27-28-29-30-31-32-33-34-35-36-38-40-42-48(56)53-45(46(55)41-39-37-8-6-4-2)44-60-52-51(59)50(58)49(57)47(43-54)61-52/h5,7,10-11,13-14,16-17,19-20,22-23,25-26,28-29,31-32,34-35,45-47,49-52,54-55,57-59H,3-4,6,8-9,12,15,18,21,24,27,30,33,36-44H2,1-2H3,(H,53,56)/b7-5-,11-10-,14-13-,17-16-,20-19-,23-22-,26-25-,29-28-,32-31-,35-34-. The van der Waals surface area contributed by atoms with Crippen LogP contribution in [0, 0.1) is 0 Å². The van der Waals surface area contributed by atoms with Crippen LogP contribution in [0.15, 0.2) is 122 Å². The monoisotopic (exact) mass is 850 g/mol. The third-order valence-corrected chi connectivity index (χ3v) is 10.1. The molecule has 1 amide bonds. The number of carbonyl (C=O) groups excluding carboxylic acids is 1. The predicted molar refractivity (Wildman–Crippen MR) is 253 cm³/mol. The van der Waals surface area contributed by atoms with E-state index in [2.05, 4.69) is 141 Å². The van der Waals surface area contributed by atoms with Gasteiger partial charge in [-0.15, -0.1) is 0 Å². The summed E-state index contributed by atoms with van der Waals surface area (Å²) in [6.45, 7) is 3.56. The van der Waals surface area contributed by atoms with Crippen molar-refractivity contribution >= 4 is 5.91 Å². The zero-order chi connectivity index (χ0) is 44.4. The maximum absolute atomic E-state index is 12.8. The topological polar surface area (TPSA) is 149 Å². The molecule has 0 spiro atoms. The maximum atomic E-state index is 12.8. The van der Waals surface area contributed by atoms with Crippen LogP contribution in [0.5, 0.6) is 0 Å². The van der Waals surface area contributed by atoms with Gasteiger partial charge in [-0.1, -0.05) is 167 Å². The molecule has 344 valence electrons. The average molecular weight is 850 g/mol. The average Bonchev–Trinajstić information content (AvgIpc) is 3.26. The molecule has 9 nitrogen and oxygen atoms in total. The lowest BCUT2D eigenvalue weighted by Gasteiger charge is -2.40. The summed E-state index contributed by atoms with van der Waals surface area (Å²) in [6, 6.07) is -0.747. The highest BCUT2D eigenvalue weighted by Gasteiger charge is 2.44. The number of unbranched alkanes of at least 4 members (excludes halogenated alkanes) is 6. The first-order valence-electron chi connectivity index (χ1n) is 23.2. The Kier molecular flexibility index (Phi) is 37.1. The van der Waals surface area contributed by atoms with Gasteiger partial charge in [0.25, 0.3) is 0 Å². The summed E-state index contributed by atoms with van der Waals surface area (Å²) < 4.78 is 11.1. The first-order valence-corrected chi connectivity index (χ1v) is 23.2. The van der Waals surface area contributed by atoms with Crippen LogP contribution in [-0.2, 0) is 14.3 Å². The number of allylic oxidation sites excluding steroid dienone is 20. The smallest absolute Gasteiger partial charge is 0.220 e. The van der Waals surface area contributed by atoms with Crippen LogP contribution in [0.25, 0.3) is 0 Å². The van der Waals surface area contributed by atoms with Crippen LogP contribution >= 0.6 is 0 Å². The summed E-state index contributed by atoms with van der Waals surface area (Å²) in [6.07, 6.45) is 54.1. The van der Waals surface area contributed by atoms with E-state index >= 15 is 0 Å². The van der Waals surface area contributed by atoms with Crippen LogP contribution in [-0.4, -0.2) is 87.5 Å². The summed E-state index contributed by atoms with van der Waals surface area (Å²) in [5, 5.41) is 53.8. The van der Waals surface area contributed by atoms with Crippen LogP contribution in [0.3, 0.4) is 0 Å². The Morgan fingerprint density at radius 1 is 0.574 bits per heavy atom. The van der Waals surface area contributed by atoms with Gasteiger partial charge >= 0.3 is 0 Å². The Balaban J connectivity index is 2.19. The number of hydrogen-bond donors (Lipinski definition) is 6. The largest absolute Gasteiger partial charge is 0.394 e. The number of aliphatic hydroxyl groups is 5. The molecule has 1 aliphatic heterocycles. The molecular formula is C52H83NO8. The zero-order valence-corrected chi connectivity index (χ0v) is 37.6. The molecule has 61 heavy (non-hydrogen) atoms. The van der Waals surface area contributed by atoms with E-state index in [0.717, 1.165) is 109 Å². The highest BCUT2D eigenvalue weighted by atomic mass is 16.7. The van der Waals surface area contributed by atoms with Crippen LogP contribution in [0.4, 0.5) is 0 Å². The number of ether oxygens (including phenoxy) is 2. The summed E-state index contributed by atoms with van der Waals surface area (Å²) >= 11 is 0. The van der Waals surface area contributed by atoms with Gasteiger partial charge in [-0.3, -0.25) is 4.79 Å². The third-order valence-electron chi connectivity index (χ3n) is 10.1. The van der Waals surface area contributed by atoms with Crippen molar-refractivity contribution in [3.63, 3.8) is 0 Å². The van der Waals surface area contributed by atoms with Crippen molar-refractivity contribution in [2.24, 2.45) is 0 Å². The van der Waals surface area contributed by atoms with Crippen molar-refractivity contribution < 1.29 is 39.8 Å². The Morgan fingerprint density at radius 2 is 1.02 bits per heavy atom. The van der Waals surface area contributed by atoms with Gasteiger partial charge in [0, 0.05) is 6.42 Å². The first-order chi connectivity index (χ1) is 29.8. The molecule has 1 rings (SSSR count). The van der Waals surface area contributed by atoms with E-state index in [1.807, 2.05) is 0 Å². The van der Waals surface area contributed by atoms with E-state index in [4.69, 9.17) is 9.47 Å². The molecule has 1 aliphatic rings. The Labute approximate surface area is 369 Å². The van der Waals surface area contributed by atoms with Gasteiger partial charge in [-0.05, 0) is 89.9 Å². The van der Waals surface area contributed by atoms with Gasteiger partial charge in [0.05, 0.1) is 25.4 Å². The van der Waals surface area contributed by atoms with Crippen LogP contribution < -0.4 is 5.32 Å². The lowest BCUT2D eigenvalue weighted by molar-refractivity contribution is -0.302. The number of hydrogen-bond acceptors (Lipinski definition) is 8. The number of nitrogens with one attached hydrogen (secondary N) is 1. The molecule has 0 saturated carbocycles. The second-order valence-electron chi connectivity index (χ2n) is 15.5. The summed E-state index contributed by atoms with van der Waals surface area (Å²) in [5.74, 6) is -0.201. The van der Waals surface area contributed by atoms with E-state index in [1.165, 1.54) is 0 Å². The molecule has 1 saturated heterocycles. The fourth-order valence-electron chi connectivity index (χ4n) is 6.36. The molecule has 0 radical (unpaired) electrons. The lowest BCUT2D eigenvalue weighted by atomic mass is 9.99. The third kappa shape index (κ3) is 31.1. The van der Waals surface area contributed by atoms with Crippen molar-refractivity contribution in [1.29, 1.82) is 0 Å². The molecule has 0 aromatic carbocycles. The van der Waals surface area contributed by atoms with Crippen molar-refractivity contribution in [2.75, 3.05) is 13.2 Å². The van der Waals surface area contributed by atoms with Gasteiger partial charge in [-0.2, -0.15) is 0 Å². The van der Waals surface area contributed by atoms with Gasteiger partial charge in [0.15, 0.2) is 6.29 Å². The Bertz CT molecular complexity index is 1360. The SMILES string of the molecule is CC/C=C\C/C=C\C/C=C\C/C=C\C/C=C\C/C=C\C/C=C\C/C=C\C/C=C\C/C=C\CCCCC(=O)NC(COC1OC(CO)C(O)C(O)C1O)C(O)CCCCCCC. The quantitative estimate of drug-likeness (QED) is 0.0270. The summed E-state index contributed by atoms with van der Waals surface area (Å²) in [5.41, 5.74) is 0. The molecule has 1 fully saturated rings. The van der Waals surface area contributed by atoms with Crippen molar-refractivity contribution in [1.82, 2.24) is 5.32 Å². The molecule has 7 unspecified atom stereocenters. The predicted octanol–water partition coefficient (Wildman–Crippen LogP) is 10.1. The number of aliphatic hydroxyl groups excluding tert-OH is 5. The van der Waals surface area contributed by atoms with E-state index in [-0.39, 0.29) is 12.5 Å². The van der Waals surface area contributed by atoms with Crippen molar-refractivity contribution in [2.45, 2.75) is 185 Å². The number of amides is 1. The molecule has 1 heterocycles. The summed E-state index contributed by atoms with van der Waals surface area (Å²) in [4.78, 5) is 12.8. The van der Waals surface area contributed by atoms with E-state index in [9.17, 15) is 30.3 Å². The molecule has 0 aromatic rings. The lowest BCUT2D eigenvalue weighted by Crippen LogP contribution is -2.60. The molecular weight excluding hydrogens is 767 g/mol. The van der Waals surface area contributed by atoms with Crippen LogP contribution in [0.2, 0.25) is 0 Å². The van der Waals surface area contributed by atoms with Gasteiger partial charge < -0.3 is 40.3 Å². The normalized spacial score (nSPS) is 21.6. The van der Waals surface area contributed by atoms with E-state index in [1.54, 1.807) is 0 Å². The molecule has 0 aromatic heterocycles. The van der Waals surface area contributed by atoms with Gasteiger partial charge in [0.2, 0.25) is 5.91 Å². The highest BCUT2D eigenvalue weighted by Crippen LogP contribution is 2.22. The van der Waals surface area contributed by atoms with E-state index in [0.29, 0.717) is 19.3 Å². The van der Waals surface area contributed by atoms with Crippen molar-refractivity contribution in [3.8, 4) is 0 Å². The highest BCUT2D eigenvalue weighted by molar-refractivity contribution is 5.76. The Hall–Kier alpha value is -3.41. The molecule has 0 bridgehead atoms. The molecule has 9 heteroatoms. The molecule has 7 atom stereocenters. The number of rotatable bonds is 36.